The number of hydrogen-bond donors (Lipinski definition) is 0. The van der Waals surface area contributed by atoms with Crippen LogP contribution in [0.4, 0.5) is 5.69 Å². The summed E-state index contributed by atoms with van der Waals surface area (Å²) in [7, 11) is 0. The van der Waals surface area contributed by atoms with E-state index in [0.29, 0.717) is 5.92 Å². The van der Waals surface area contributed by atoms with Crippen LogP contribution in [0.2, 0.25) is 0 Å². The number of nitrogens with zero attached hydrogens (tertiary/aromatic N) is 1. The van der Waals surface area contributed by atoms with Crippen molar-refractivity contribution in [2.24, 2.45) is 0 Å². The number of alkyl halides is 1. The van der Waals surface area contributed by atoms with Gasteiger partial charge < -0.3 is 0 Å². The molecule has 0 saturated carbocycles. The van der Waals surface area contributed by atoms with Gasteiger partial charge >= 0.3 is 0 Å². The van der Waals surface area contributed by atoms with Gasteiger partial charge in [0.25, 0.3) is 0 Å². The lowest BCUT2D eigenvalue weighted by Crippen LogP contribution is -2.33. The van der Waals surface area contributed by atoms with E-state index in [1.54, 1.807) is 4.90 Å². The Morgan fingerprint density at radius 3 is 2.65 bits per heavy atom. The van der Waals surface area contributed by atoms with E-state index in [1.807, 2.05) is 24.3 Å². The Bertz CT molecular complexity index is 434. The number of carbonyl (C=O) groups excluding carboxylic acids is 1. The predicted molar refractivity (Wildman–Crippen MR) is 72.4 cm³/mol. The molecular formula is C14H16ClNO. The summed E-state index contributed by atoms with van der Waals surface area (Å²) in [4.78, 5) is 13.3. The fourth-order valence-corrected chi connectivity index (χ4v) is 1.84. The van der Waals surface area contributed by atoms with E-state index in [2.05, 4.69) is 19.8 Å². The molecule has 2 nitrogen and oxygen atoms in total. The van der Waals surface area contributed by atoms with Gasteiger partial charge in [-0.05, 0) is 17.5 Å². The molecule has 0 radical (unpaired) electrons. The van der Waals surface area contributed by atoms with Crippen molar-refractivity contribution >= 4 is 23.2 Å². The topological polar surface area (TPSA) is 20.3 Å². The molecule has 0 bridgehead atoms. The van der Waals surface area contributed by atoms with Crippen molar-refractivity contribution in [2.45, 2.75) is 19.8 Å². The maximum atomic E-state index is 11.8. The fourth-order valence-electron chi connectivity index (χ4n) is 1.69. The highest BCUT2D eigenvalue weighted by Crippen LogP contribution is 2.27. The molecule has 90 valence electrons. The number of halogens is 1. The second kappa shape index (κ2) is 6.32. The number of para-hydroxylation sites is 1. The Labute approximate surface area is 108 Å². The average molecular weight is 250 g/mol. The van der Waals surface area contributed by atoms with Gasteiger partial charge in [0.2, 0.25) is 5.91 Å². The molecule has 0 aromatic heterocycles. The Balaban J connectivity index is 3.19. The lowest BCUT2D eigenvalue weighted by molar-refractivity contribution is -0.116. The smallest absolute Gasteiger partial charge is 0.242 e. The Morgan fingerprint density at radius 1 is 1.47 bits per heavy atom. The molecule has 0 aliphatic heterocycles. The Kier molecular flexibility index (Phi) is 5.06. The van der Waals surface area contributed by atoms with Gasteiger partial charge in [0, 0.05) is 5.69 Å². The zero-order valence-electron chi connectivity index (χ0n) is 10.1. The third-order valence-corrected chi connectivity index (χ3v) is 2.74. The first kappa shape index (κ1) is 13.6. The highest BCUT2D eigenvalue weighted by atomic mass is 35.5. The summed E-state index contributed by atoms with van der Waals surface area (Å²) in [5.74, 6) is 2.59. The minimum atomic E-state index is -0.169. The molecule has 17 heavy (non-hydrogen) atoms. The molecule has 0 aliphatic rings. The van der Waals surface area contributed by atoms with E-state index in [1.165, 1.54) is 0 Å². The maximum Gasteiger partial charge on any atom is 0.242 e. The summed E-state index contributed by atoms with van der Waals surface area (Å²) in [6.07, 6.45) is 5.30. The van der Waals surface area contributed by atoms with Crippen LogP contribution in [-0.2, 0) is 4.79 Å². The van der Waals surface area contributed by atoms with Gasteiger partial charge in [-0.3, -0.25) is 9.69 Å². The number of benzene rings is 1. The van der Waals surface area contributed by atoms with Crippen molar-refractivity contribution in [1.29, 1.82) is 0 Å². The van der Waals surface area contributed by atoms with Crippen LogP contribution in [0.25, 0.3) is 0 Å². The SMILES string of the molecule is C#CCN(C(=O)CCl)c1ccccc1C(C)C. The number of anilines is 1. The van der Waals surface area contributed by atoms with E-state index in [9.17, 15) is 4.79 Å². The average Bonchev–Trinajstić information content (AvgIpc) is 2.35. The van der Waals surface area contributed by atoms with Crippen LogP contribution in [0.3, 0.4) is 0 Å². The second-order valence-electron chi connectivity index (χ2n) is 4.03. The minimum absolute atomic E-state index is 0.0614. The van der Waals surface area contributed by atoms with E-state index < -0.39 is 0 Å². The van der Waals surface area contributed by atoms with Gasteiger partial charge in [-0.25, -0.2) is 0 Å². The van der Waals surface area contributed by atoms with Crippen LogP contribution in [0, 0.1) is 12.3 Å². The molecule has 0 unspecified atom stereocenters. The number of terminal acetylenes is 1. The van der Waals surface area contributed by atoms with Crippen LogP contribution in [-0.4, -0.2) is 18.3 Å². The van der Waals surface area contributed by atoms with Gasteiger partial charge in [0.05, 0.1) is 6.54 Å². The summed E-state index contributed by atoms with van der Waals surface area (Å²) in [6, 6.07) is 7.76. The lowest BCUT2D eigenvalue weighted by atomic mass is 10.0. The Morgan fingerprint density at radius 2 is 2.12 bits per heavy atom. The predicted octanol–water partition coefficient (Wildman–Crippen LogP) is 3.02. The van der Waals surface area contributed by atoms with Crippen molar-refractivity contribution in [3.8, 4) is 12.3 Å². The zero-order chi connectivity index (χ0) is 12.8. The first-order valence-electron chi connectivity index (χ1n) is 5.50. The monoisotopic (exact) mass is 249 g/mol. The molecule has 1 rings (SSSR count). The van der Waals surface area contributed by atoms with Gasteiger partial charge in [-0.15, -0.1) is 18.0 Å². The standard InChI is InChI=1S/C14H16ClNO/c1-4-9-16(14(17)10-15)13-8-6-5-7-12(13)11(2)3/h1,5-8,11H,9-10H2,2-3H3. The summed E-state index contributed by atoms with van der Waals surface area (Å²) in [5.41, 5.74) is 1.95. The molecule has 1 aromatic carbocycles. The van der Waals surface area contributed by atoms with Crippen LogP contribution in [0.15, 0.2) is 24.3 Å². The highest BCUT2D eigenvalue weighted by molar-refractivity contribution is 6.29. The molecule has 0 heterocycles. The molecule has 1 aromatic rings. The molecule has 0 fully saturated rings. The molecule has 0 atom stereocenters. The molecule has 0 spiro atoms. The van der Waals surface area contributed by atoms with Crippen LogP contribution in [0.5, 0.6) is 0 Å². The lowest BCUT2D eigenvalue weighted by Gasteiger charge is -2.23. The van der Waals surface area contributed by atoms with Crippen molar-refractivity contribution < 1.29 is 4.79 Å². The first-order chi connectivity index (χ1) is 8.11. The number of rotatable bonds is 4. The van der Waals surface area contributed by atoms with E-state index >= 15 is 0 Å². The Hall–Kier alpha value is -1.46. The summed E-state index contributed by atoms with van der Waals surface area (Å²) < 4.78 is 0. The summed E-state index contributed by atoms with van der Waals surface area (Å²) in [6.45, 7) is 4.41. The van der Waals surface area contributed by atoms with Crippen LogP contribution < -0.4 is 4.90 Å². The van der Waals surface area contributed by atoms with Crippen molar-refractivity contribution in [2.75, 3.05) is 17.3 Å². The number of amides is 1. The number of carbonyl (C=O) groups is 1. The van der Waals surface area contributed by atoms with Gasteiger partial charge in [-0.2, -0.15) is 0 Å². The number of hydrogen-bond acceptors (Lipinski definition) is 1. The summed E-state index contributed by atoms with van der Waals surface area (Å²) >= 11 is 5.60. The third-order valence-electron chi connectivity index (χ3n) is 2.51. The van der Waals surface area contributed by atoms with Crippen molar-refractivity contribution in [1.82, 2.24) is 0 Å². The molecule has 1 amide bonds. The maximum absolute atomic E-state index is 11.8. The molecule has 0 N–H and O–H groups in total. The highest BCUT2D eigenvalue weighted by Gasteiger charge is 2.17. The molecule has 3 heteroatoms. The molecule has 0 aliphatic carbocycles. The van der Waals surface area contributed by atoms with E-state index in [0.717, 1.165) is 11.3 Å². The normalized spacial score (nSPS) is 10.1. The second-order valence-corrected chi connectivity index (χ2v) is 4.30. The quantitative estimate of drug-likeness (QED) is 0.593. The third kappa shape index (κ3) is 3.25. The van der Waals surface area contributed by atoms with Crippen molar-refractivity contribution in [3.63, 3.8) is 0 Å². The van der Waals surface area contributed by atoms with Gasteiger partial charge in [0.1, 0.15) is 5.88 Å². The van der Waals surface area contributed by atoms with E-state index in [4.69, 9.17) is 18.0 Å². The first-order valence-corrected chi connectivity index (χ1v) is 6.04. The molecule has 0 saturated heterocycles. The minimum Gasteiger partial charge on any atom is -0.299 e. The van der Waals surface area contributed by atoms with Gasteiger partial charge in [0.15, 0.2) is 0 Å². The van der Waals surface area contributed by atoms with Crippen molar-refractivity contribution in [3.05, 3.63) is 29.8 Å². The molecular weight excluding hydrogens is 234 g/mol. The summed E-state index contributed by atoms with van der Waals surface area (Å²) in [5, 5.41) is 0. The van der Waals surface area contributed by atoms with Crippen LogP contribution in [0.1, 0.15) is 25.3 Å². The zero-order valence-corrected chi connectivity index (χ0v) is 10.9. The van der Waals surface area contributed by atoms with Gasteiger partial charge in [-0.1, -0.05) is 38.0 Å². The van der Waals surface area contributed by atoms with E-state index in [-0.39, 0.29) is 18.3 Å². The largest absolute Gasteiger partial charge is 0.299 e. The van der Waals surface area contributed by atoms with Crippen LogP contribution >= 0.6 is 11.6 Å². The fraction of sp³-hybridized carbons (Fsp3) is 0.357.